The average Bonchev–Trinajstić information content (AvgIpc) is 3.32. The van der Waals surface area contributed by atoms with E-state index in [0.717, 1.165) is 25.9 Å². The monoisotopic (exact) mass is 356 g/mol. The Morgan fingerprint density at radius 1 is 1.35 bits per heavy atom. The topological polar surface area (TPSA) is 97.9 Å². The molecule has 1 aliphatic heterocycles. The van der Waals surface area contributed by atoms with Crippen molar-refractivity contribution in [3.63, 3.8) is 0 Å². The number of nitrogens with one attached hydrogen (secondary N) is 2. The molecule has 8 nitrogen and oxygen atoms in total. The fourth-order valence-corrected chi connectivity index (χ4v) is 3.04. The first kappa shape index (κ1) is 16.4. The van der Waals surface area contributed by atoms with Crippen LogP contribution in [0.15, 0.2) is 41.5 Å². The summed E-state index contributed by atoms with van der Waals surface area (Å²) in [5.41, 5.74) is 0.688. The van der Waals surface area contributed by atoms with Gasteiger partial charge in [-0.15, -0.1) is 0 Å². The highest BCUT2D eigenvalue weighted by Gasteiger charge is 2.26. The quantitative estimate of drug-likeness (QED) is 0.743. The van der Waals surface area contributed by atoms with Gasteiger partial charge in [-0.2, -0.15) is 5.10 Å². The summed E-state index contributed by atoms with van der Waals surface area (Å²) >= 11 is 0. The minimum absolute atomic E-state index is 0.0600. The lowest BCUT2D eigenvalue weighted by Crippen LogP contribution is -2.27. The number of halogens is 1. The molecule has 0 spiro atoms. The van der Waals surface area contributed by atoms with Gasteiger partial charge in [-0.25, -0.2) is 19.0 Å². The smallest absolute Gasteiger partial charge is 0.278 e. The van der Waals surface area contributed by atoms with Gasteiger partial charge in [0.1, 0.15) is 5.76 Å². The summed E-state index contributed by atoms with van der Waals surface area (Å²) in [6.45, 7) is 1.77. The maximum absolute atomic E-state index is 13.8. The highest BCUT2D eigenvalue weighted by atomic mass is 19.1. The Hall–Kier alpha value is -3.07. The van der Waals surface area contributed by atoms with E-state index in [1.165, 1.54) is 41.8 Å². The standard InChI is InChI=1S/C17H17FN6O2/c18-13-2-1-5-20-16(13)24-9-12(8-22-24)23-17(25)14-15(26-10-21-14)11-3-6-19-7-4-11/h1-2,5,8-11,19H,3-4,6-7H2,(H,23,25). The van der Waals surface area contributed by atoms with Crippen molar-refractivity contribution in [1.29, 1.82) is 0 Å². The molecule has 0 unspecified atom stereocenters. The predicted molar refractivity (Wildman–Crippen MR) is 90.6 cm³/mol. The van der Waals surface area contributed by atoms with E-state index in [9.17, 15) is 9.18 Å². The van der Waals surface area contributed by atoms with E-state index in [-0.39, 0.29) is 23.3 Å². The molecule has 9 heteroatoms. The molecule has 3 aromatic rings. The second kappa shape index (κ2) is 7.04. The Bertz CT molecular complexity index is 915. The molecule has 0 radical (unpaired) electrons. The third kappa shape index (κ3) is 3.21. The number of aromatic nitrogens is 4. The minimum Gasteiger partial charge on any atom is -0.447 e. The number of pyridine rings is 1. The molecule has 26 heavy (non-hydrogen) atoms. The van der Waals surface area contributed by atoms with Gasteiger partial charge in [0.15, 0.2) is 23.7 Å². The number of nitrogens with zero attached hydrogens (tertiary/aromatic N) is 4. The van der Waals surface area contributed by atoms with Gasteiger partial charge in [0, 0.05) is 12.1 Å². The molecule has 2 N–H and O–H groups in total. The second-order valence-corrected chi connectivity index (χ2v) is 6.03. The lowest BCUT2D eigenvalue weighted by molar-refractivity contribution is 0.102. The first-order chi connectivity index (χ1) is 12.7. The Kier molecular flexibility index (Phi) is 4.44. The van der Waals surface area contributed by atoms with Gasteiger partial charge in [-0.05, 0) is 38.1 Å². The number of rotatable bonds is 4. The van der Waals surface area contributed by atoms with Crippen LogP contribution in [0.5, 0.6) is 0 Å². The molecule has 4 heterocycles. The zero-order valence-corrected chi connectivity index (χ0v) is 13.9. The Morgan fingerprint density at radius 2 is 2.19 bits per heavy atom. The maximum atomic E-state index is 13.8. The van der Waals surface area contributed by atoms with Crippen molar-refractivity contribution < 1.29 is 13.6 Å². The number of anilines is 1. The highest BCUT2D eigenvalue weighted by molar-refractivity contribution is 6.03. The molecule has 1 fully saturated rings. The van der Waals surface area contributed by atoms with Gasteiger partial charge in [-0.1, -0.05) is 0 Å². The Morgan fingerprint density at radius 3 is 3.00 bits per heavy atom. The van der Waals surface area contributed by atoms with Crippen LogP contribution in [0, 0.1) is 5.82 Å². The number of carbonyl (C=O) groups excluding carboxylic acids is 1. The SMILES string of the molecule is O=C(Nc1cnn(-c2ncccc2F)c1)c1ncoc1C1CCNCC1. The number of oxazole rings is 1. The largest absolute Gasteiger partial charge is 0.447 e. The molecule has 0 aliphatic carbocycles. The van der Waals surface area contributed by atoms with Crippen LogP contribution < -0.4 is 10.6 Å². The molecular weight excluding hydrogens is 339 g/mol. The molecule has 0 bridgehead atoms. The number of hydrogen-bond donors (Lipinski definition) is 2. The summed E-state index contributed by atoms with van der Waals surface area (Å²) < 4.78 is 20.5. The van der Waals surface area contributed by atoms with Gasteiger partial charge in [0.25, 0.3) is 5.91 Å². The fraction of sp³-hybridized carbons (Fsp3) is 0.294. The first-order valence-electron chi connectivity index (χ1n) is 8.33. The van der Waals surface area contributed by atoms with Crippen molar-refractivity contribution in [2.75, 3.05) is 18.4 Å². The first-order valence-corrected chi connectivity index (χ1v) is 8.33. The van der Waals surface area contributed by atoms with Gasteiger partial charge in [0.2, 0.25) is 0 Å². The minimum atomic E-state index is -0.502. The highest BCUT2D eigenvalue weighted by Crippen LogP contribution is 2.28. The van der Waals surface area contributed by atoms with Crippen LogP contribution >= 0.6 is 0 Å². The van der Waals surface area contributed by atoms with Crippen molar-refractivity contribution in [1.82, 2.24) is 25.1 Å². The molecule has 0 aromatic carbocycles. The predicted octanol–water partition coefficient (Wildman–Crippen LogP) is 2.11. The molecule has 1 saturated heterocycles. The van der Waals surface area contributed by atoms with E-state index in [0.29, 0.717) is 11.4 Å². The lowest BCUT2D eigenvalue weighted by Gasteiger charge is -2.20. The summed E-state index contributed by atoms with van der Waals surface area (Å²) in [5.74, 6) is -0.0478. The zero-order chi connectivity index (χ0) is 17.9. The van der Waals surface area contributed by atoms with Gasteiger partial charge in [-0.3, -0.25) is 4.79 Å². The van der Waals surface area contributed by atoms with E-state index in [2.05, 4.69) is 25.7 Å². The summed E-state index contributed by atoms with van der Waals surface area (Å²) in [6.07, 6.45) is 7.47. The molecule has 1 aliphatic rings. The van der Waals surface area contributed by atoms with Crippen molar-refractivity contribution in [3.8, 4) is 5.82 Å². The third-order valence-electron chi connectivity index (χ3n) is 4.32. The molecule has 0 saturated carbocycles. The van der Waals surface area contributed by atoms with Crippen molar-refractivity contribution in [3.05, 3.63) is 54.4 Å². The third-order valence-corrected chi connectivity index (χ3v) is 4.32. The van der Waals surface area contributed by atoms with Gasteiger partial charge < -0.3 is 15.1 Å². The molecule has 3 aromatic heterocycles. The lowest BCUT2D eigenvalue weighted by atomic mass is 9.94. The van der Waals surface area contributed by atoms with Crippen LogP contribution in [-0.4, -0.2) is 38.7 Å². The normalized spacial score (nSPS) is 15.1. The van der Waals surface area contributed by atoms with Crippen LogP contribution in [0.2, 0.25) is 0 Å². The number of piperidine rings is 1. The average molecular weight is 356 g/mol. The van der Waals surface area contributed by atoms with E-state index < -0.39 is 5.82 Å². The van der Waals surface area contributed by atoms with Crippen LogP contribution in [0.4, 0.5) is 10.1 Å². The van der Waals surface area contributed by atoms with Crippen molar-refractivity contribution in [2.45, 2.75) is 18.8 Å². The van der Waals surface area contributed by atoms with Crippen LogP contribution in [-0.2, 0) is 0 Å². The van der Waals surface area contributed by atoms with E-state index in [1.54, 1.807) is 0 Å². The number of amides is 1. The molecule has 134 valence electrons. The van der Waals surface area contributed by atoms with E-state index >= 15 is 0 Å². The molecule has 1 amide bonds. The van der Waals surface area contributed by atoms with E-state index in [1.807, 2.05) is 0 Å². The maximum Gasteiger partial charge on any atom is 0.278 e. The van der Waals surface area contributed by atoms with Crippen molar-refractivity contribution >= 4 is 11.6 Å². The Labute approximate surface area is 148 Å². The second-order valence-electron chi connectivity index (χ2n) is 6.03. The van der Waals surface area contributed by atoms with Crippen LogP contribution in [0.25, 0.3) is 5.82 Å². The number of carbonyl (C=O) groups is 1. The molecule has 0 atom stereocenters. The summed E-state index contributed by atoms with van der Waals surface area (Å²) in [7, 11) is 0. The molecule has 4 rings (SSSR count). The van der Waals surface area contributed by atoms with Crippen LogP contribution in [0.1, 0.15) is 35.0 Å². The number of hydrogen-bond acceptors (Lipinski definition) is 6. The van der Waals surface area contributed by atoms with Crippen LogP contribution in [0.3, 0.4) is 0 Å². The summed E-state index contributed by atoms with van der Waals surface area (Å²) in [5, 5.41) is 10.0. The fourth-order valence-electron chi connectivity index (χ4n) is 3.04. The summed E-state index contributed by atoms with van der Waals surface area (Å²) in [6, 6.07) is 2.79. The van der Waals surface area contributed by atoms with Crippen molar-refractivity contribution in [2.24, 2.45) is 0 Å². The zero-order valence-electron chi connectivity index (χ0n) is 13.9. The Balaban J connectivity index is 1.51. The van der Waals surface area contributed by atoms with Gasteiger partial charge in [0.05, 0.1) is 18.1 Å². The van der Waals surface area contributed by atoms with Gasteiger partial charge >= 0.3 is 0 Å². The summed E-state index contributed by atoms with van der Waals surface area (Å²) in [4.78, 5) is 20.6. The van der Waals surface area contributed by atoms with E-state index in [4.69, 9.17) is 4.42 Å². The molecular formula is C17H17FN6O2.